The number of rotatable bonds is 11. The van der Waals surface area contributed by atoms with Crippen LogP contribution in [0.2, 0.25) is 0 Å². The number of aryl methyl sites for hydroxylation is 1. The van der Waals surface area contributed by atoms with Crippen molar-refractivity contribution >= 4 is 5.91 Å². The van der Waals surface area contributed by atoms with Gasteiger partial charge in [0.1, 0.15) is 5.75 Å². The zero-order chi connectivity index (χ0) is 19.5. The Morgan fingerprint density at radius 2 is 1.74 bits per heavy atom. The summed E-state index contributed by atoms with van der Waals surface area (Å²) in [7, 11) is 0. The normalized spacial score (nSPS) is 10.6. The highest BCUT2D eigenvalue weighted by Gasteiger charge is 2.07. The fourth-order valence-corrected chi connectivity index (χ4v) is 2.73. The number of carbonyl (C=O) groups excluding carboxylic acids is 1. The average Bonchev–Trinajstić information content (AvgIpc) is 2.66. The molecule has 0 aliphatic rings. The molecule has 0 bridgehead atoms. The lowest BCUT2D eigenvalue weighted by molar-refractivity contribution is -0.121. The SMILES string of the molecule is CCCCCOc1ccc(CCC(=O)NCCc2ccc(O)cc2)cc1O. The molecule has 2 rings (SSSR count). The molecule has 5 heteroatoms. The minimum absolute atomic E-state index is 0.0202. The smallest absolute Gasteiger partial charge is 0.220 e. The van der Waals surface area contributed by atoms with Crippen molar-refractivity contribution in [3.05, 3.63) is 53.6 Å². The molecule has 2 aromatic carbocycles. The Morgan fingerprint density at radius 3 is 2.44 bits per heavy atom. The third kappa shape index (κ3) is 7.60. The Bertz CT molecular complexity index is 713. The third-order valence-corrected chi connectivity index (χ3v) is 4.34. The predicted octanol–water partition coefficient (Wildman–Crippen LogP) is 3.96. The van der Waals surface area contributed by atoms with E-state index in [4.69, 9.17) is 4.74 Å². The summed E-state index contributed by atoms with van der Waals surface area (Å²) in [5, 5.41) is 22.2. The standard InChI is InChI=1S/C22H29NO4/c1-2-3-4-15-27-21-11-7-18(16-20(21)25)8-12-22(26)23-14-13-17-5-9-19(24)10-6-17/h5-7,9-11,16,24-25H,2-4,8,12-15H2,1H3,(H,23,26). The molecule has 0 aliphatic heterocycles. The van der Waals surface area contributed by atoms with E-state index in [0.29, 0.717) is 31.7 Å². The number of nitrogens with one attached hydrogen (secondary N) is 1. The number of phenols is 2. The number of hydrogen-bond acceptors (Lipinski definition) is 4. The van der Waals surface area contributed by atoms with E-state index in [1.165, 1.54) is 0 Å². The van der Waals surface area contributed by atoms with Crippen molar-refractivity contribution in [1.82, 2.24) is 5.32 Å². The van der Waals surface area contributed by atoms with Crippen LogP contribution >= 0.6 is 0 Å². The molecule has 0 unspecified atom stereocenters. The van der Waals surface area contributed by atoms with Gasteiger partial charge >= 0.3 is 0 Å². The van der Waals surface area contributed by atoms with Crippen molar-refractivity contribution in [3.63, 3.8) is 0 Å². The first kappa shape index (κ1) is 20.6. The molecule has 5 nitrogen and oxygen atoms in total. The van der Waals surface area contributed by atoms with E-state index in [-0.39, 0.29) is 17.4 Å². The maximum Gasteiger partial charge on any atom is 0.220 e. The molecular weight excluding hydrogens is 342 g/mol. The summed E-state index contributed by atoms with van der Waals surface area (Å²) in [5.74, 6) is 0.835. The second-order valence-electron chi connectivity index (χ2n) is 6.62. The number of phenolic OH excluding ortho intramolecular Hbond substituents is 2. The lowest BCUT2D eigenvalue weighted by Gasteiger charge is -2.10. The zero-order valence-corrected chi connectivity index (χ0v) is 15.9. The second-order valence-corrected chi connectivity index (χ2v) is 6.62. The van der Waals surface area contributed by atoms with E-state index < -0.39 is 0 Å². The molecule has 0 fully saturated rings. The van der Waals surface area contributed by atoms with E-state index in [0.717, 1.165) is 36.8 Å². The molecule has 1 amide bonds. The fraction of sp³-hybridized carbons (Fsp3) is 0.409. The zero-order valence-electron chi connectivity index (χ0n) is 15.9. The lowest BCUT2D eigenvalue weighted by atomic mass is 10.1. The number of carbonyl (C=O) groups is 1. The van der Waals surface area contributed by atoms with Crippen LogP contribution in [0.4, 0.5) is 0 Å². The minimum Gasteiger partial charge on any atom is -0.508 e. The van der Waals surface area contributed by atoms with Gasteiger partial charge < -0.3 is 20.3 Å². The van der Waals surface area contributed by atoms with Gasteiger partial charge in [0.25, 0.3) is 0 Å². The molecule has 2 aromatic rings. The summed E-state index contributed by atoms with van der Waals surface area (Å²) < 4.78 is 5.58. The number of benzene rings is 2. The molecule has 0 saturated heterocycles. The van der Waals surface area contributed by atoms with Gasteiger partial charge in [0, 0.05) is 13.0 Å². The molecule has 0 saturated carbocycles. The van der Waals surface area contributed by atoms with E-state index in [9.17, 15) is 15.0 Å². The van der Waals surface area contributed by atoms with Crippen molar-refractivity contribution in [2.75, 3.05) is 13.2 Å². The van der Waals surface area contributed by atoms with Crippen LogP contribution in [-0.2, 0) is 17.6 Å². The first-order valence-electron chi connectivity index (χ1n) is 9.57. The second kappa shape index (κ2) is 11.1. The van der Waals surface area contributed by atoms with Crippen LogP contribution in [-0.4, -0.2) is 29.3 Å². The molecule has 0 radical (unpaired) electrons. The highest BCUT2D eigenvalue weighted by molar-refractivity contribution is 5.76. The monoisotopic (exact) mass is 371 g/mol. The van der Waals surface area contributed by atoms with Crippen molar-refractivity contribution in [3.8, 4) is 17.2 Å². The molecule has 0 aromatic heterocycles. The van der Waals surface area contributed by atoms with Crippen LogP contribution in [0, 0.1) is 0 Å². The van der Waals surface area contributed by atoms with Gasteiger partial charge in [0.15, 0.2) is 11.5 Å². The van der Waals surface area contributed by atoms with Gasteiger partial charge in [-0.15, -0.1) is 0 Å². The largest absolute Gasteiger partial charge is 0.508 e. The quantitative estimate of drug-likeness (QED) is 0.523. The summed E-state index contributed by atoms with van der Waals surface area (Å²) in [5.41, 5.74) is 1.97. The molecule has 3 N–H and O–H groups in total. The average molecular weight is 371 g/mol. The van der Waals surface area contributed by atoms with Gasteiger partial charge in [0.05, 0.1) is 6.61 Å². The van der Waals surface area contributed by atoms with Gasteiger partial charge in [-0.05, 0) is 54.7 Å². The number of aromatic hydroxyl groups is 2. The maximum absolute atomic E-state index is 12.0. The minimum atomic E-state index is -0.0202. The Labute approximate surface area is 161 Å². The third-order valence-electron chi connectivity index (χ3n) is 4.34. The molecule has 0 heterocycles. The molecular formula is C22H29NO4. The van der Waals surface area contributed by atoms with Gasteiger partial charge in [-0.1, -0.05) is 38.0 Å². The van der Waals surface area contributed by atoms with Crippen molar-refractivity contribution in [2.24, 2.45) is 0 Å². The van der Waals surface area contributed by atoms with Crippen molar-refractivity contribution in [2.45, 2.75) is 45.4 Å². The Balaban J connectivity index is 1.69. The van der Waals surface area contributed by atoms with E-state index >= 15 is 0 Å². The van der Waals surface area contributed by atoms with Crippen LogP contribution in [0.5, 0.6) is 17.2 Å². The van der Waals surface area contributed by atoms with E-state index in [1.807, 2.05) is 18.2 Å². The highest BCUT2D eigenvalue weighted by atomic mass is 16.5. The fourth-order valence-electron chi connectivity index (χ4n) is 2.73. The Hall–Kier alpha value is -2.69. The van der Waals surface area contributed by atoms with Crippen molar-refractivity contribution < 1.29 is 19.7 Å². The summed E-state index contributed by atoms with van der Waals surface area (Å²) >= 11 is 0. The predicted molar refractivity (Wildman–Crippen MR) is 106 cm³/mol. The van der Waals surface area contributed by atoms with Crippen LogP contribution in [0.25, 0.3) is 0 Å². The molecule has 0 aliphatic carbocycles. The lowest BCUT2D eigenvalue weighted by Crippen LogP contribution is -2.25. The topological polar surface area (TPSA) is 78.8 Å². The van der Waals surface area contributed by atoms with Crippen LogP contribution in [0.1, 0.15) is 43.7 Å². The van der Waals surface area contributed by atoms with Gasteiger partial charge in [-0.2, -0.15) is 0 Å². The van der Waals surface area contributed by atoms with E-state index in [1.54, 1.807) is 24.3 Å². The number of amides is 1. The Kier molecular flexibility index (Phi) is 8.49. The van der Waals surface area contributed by atoms with Gasteiger partial charge in [0.2, 0.25) is 5.91 Å². The van der Waals surface area contributed by atoms with Gasteiger partial charge in [-0.3, -0.25) is 4.79 Å². The summed E-state index contributed by atoms with van der Waals surface area (Å²) in [4.78, 5) is 12.0. The number of unbranched alkanes of at least 4 members (excludes halogenated alkanes) is 2. The first-order chi connectivity index (χ1) is 13.1. The summed E-state index contributed by atoms with van der Waals surface area (Å²) in [6.07, 6.45) is 4.87. The van der Waals surface area contributed by atoms with Crippen molar-refractivity contribution in [1.29, 1.82) is 0 Å². The van der Waals surface area contributed by atoms with Crippen LogP contribution in [0.3, 0.4) is 0 Å². The number of ether oxygens (including phenoxy) is 1. The molecule has 0 atom stereocenters. The van der Waals surface area contributed by atoms with Gasteiger partial charge in [-0.25, -0.2) is 0 Å². The van der Waals surface area contributed by atoms with Crippen LogP contribution < -0.4 is 10.1 Å². The Morgan fingerprint density at radius 1 is 1.00 bits per heavy atom. The summed E-state index contributed by atoms with van der Waals surface area (Å²) in [6.45, 7) is 3.29. The van der Waals surface area contributed by atoms with Crippen LogP contribution in [0.15, 0.2) is 42.5 Å². The maximum atomic E-state index is 12.0. The highest BCUT2D eigenvalue weighted by Crippen LogP contribution is 2.27. The first-order valence-corrected chi connectivity index (χ1v) is 9.57. The molecule has 146 valence electrons. The number of hydrogen-bond donors (Lipinski definition) is 3. The molecule has 0 spiro atoms. The summed E-state index contributed by atoms with van der Waals surface area (Å²) in [6, 6.07) is 12.3. The van der Waals surface area contributed by atoms with E-state index in [2.05, 4.69) is 12.2 Å². The molecule has 27 heavy (non-hydrogen) atoms.